The fourth-order valence-electron chi connectivity index (χ4n) is 2.87. The zero-order chi connectivity index (χ0) is 14.1. The molecule has 1 saturated heterocycles. The van der Waals surface area contributed by atoms with E-state index >= 15 is 0 Å². The van der Waals surface area contributed by atoms with Crippen LogP contribution in [0.3, 0.4) is 0 Å². The SMILES string of the molecule is c1ccc2c(-c3cccn3CN3CCOCC3)n[nH]c2c1. The van der Waals surface area contributed by atoms with Crippen LogP contribution in [0.1, 0.15) is 0 Å². The van der Waals surface area contributed by atoms with E-state index in [2.05, 4.69) is 56.2 Å². The Balaban J connectivity index is 1.68. The molecule has 3 aromatic rings. The molecule has 21 heavy (non-hydrogen) atoms. The van der Waals surface area contributed by atoms with Crippen molar-refractivity contribution in [3.05, 3.63) is 42.6 Å². The summed E-state index contributed by atoms with van der Waals surface area (Å²) >= 11 is 0. The van der Waals surface area contributed by atoms with E-state index in [0.29, 0.717) is 0 Å². The number of morpholine rings is 1. The van der Waals surface area contributed by atoms with Gasteiger partial charge in [-0.2, -0.15) is 5.10 Å². The largest absolute Gasteiger partial charge is 0.379 e. The lowest BCUT2D eigenvalue weighted by molar-refractivity contribution is 0.0238. The number of nitrogens with zero attached hydrogens (tertiary/aromatic N) is 3. The number of benzene rings is 1. The first-order valence-corrected chi connectivity index (χ1v) is 7.30. The molecule has 3 heterocycles. The van der Waals surface area contributed by atoms with Crippen molar-refractivity contribution >= 4 is 10.9 Å². The van der Waals surface area contributed by atoms with E-state index in [1.54, 1.807) is 0 Å². The molecular formula is C16H18N4O. The minimum absolute atomic E-state index is 0.821. The topological polar surface area (TPSA) is 46.1 Å². The van der Waals surface area contributed by atoms with Gasteiger partial charge in [0.1, 0.15) is 5.69 Å². The summed E-state index contributed by atoms with van der Waals surface area (Å²) in [6.45, 7) is 4.49. The summed E-state index contributed by atoms with van der Waals surface area (Å²) in [6, 6.07) is 12.5. The highest BCUT2D eigenvalue weighted by molar-refractivity contribution is 5.91. The van der Waals surface area contributed by atoms with Crippen molar-refractivity contribution in [1.82, 2.24) is 19.7 Å². The van der Waals surface area contributed by atoms with E-state index in [1.165, 1.54) is 5.39 Å². The number of aromatic amines is 1. The van der Waals surface area contributed by atoms with Gasteiger partial charge in [-0.05, 0) is 18.2 Å². The molecule has 0 unspecified atom stereocenters. The minimum Gasteiger partial charge on any atom is -0.379 e. The van der Waals surface area contributed by atoms with Gasteiger partial charge in [0.05, 0.1) is 31.1 Å². The Kier molecular flexibility index (Phi) is 3.21. The van der Waals surface area contributed by atoms with Crippen LogP contribution in [-0.2, 0) is 11.4 Å². The van der Waals surface area contributed by atoms with Crippen LogP contribution in [0.15, 0.2) is 42.6 Å². The average molecular weight is 282 g/mol. The van der Waals surface area contributed by atoms with Crippen molar-refractivity contribution in [1.29, 1.82) is 0 Å². The molecule has 0 bridgehead atoms. The Morgan fingerprint density at radius 1 is 1.10 bits per heavy atom. The van der Waals surface area contributed by atoms with Gasteiger partial charge in [-0.3, -0.25) is 10.00 Å². The van der Waals surface area contributed by atoms with Crippen LogP contribution in [0, 0.1) is 0 Å². The predicted molar refractivity (Wildman–Crippen MR) is 81.9 cm³/mol. The maximum atomic E-state index is 5.41. The Labute approximate surface area is 123 Å². The molecule has 0 amide bonds. The second-order valence-electron chi connectivity index (χ2n) is 5.35. The van der Waals surface area contributed by atoms with Gasteiger partial charge in [0.15, 0.2) is 0 Å². The van der Waals surface area contributed by atoms with E-state index in [1.807, 2.05) is 6.07 Å². The number of hydrogen-bond donors (Lipinski definition) is 1. The second kappa shape index (κ2) is 5.35. The van der Waals surface area contributed by atoms with E-state index in [0.717, 1.165) is 49.9 Å². The first-order valence-electron chi connectivity index (χ1n) is 7.30. The first kappa shape index (κ1) is 12.6. The number of ether oxygens (including phenoxy) is 1. The van der Waals surface area contributed by atoms with Gasteiger partial charge >= 0.3 is 0 Å². The minimum atomic E-state index is 0.821. The summed E-state index contributed by atoms with van der Waals surface area (Å²) in [5.41, 5.74) is 3.24. The first-order chi connectivity index (χ1) is 10.4. The van der Waals surface area contributed by atoms with Gasteiger partial charge in [0, 0.05) is 24.7 Å². The predicted octanol–water partition coefficient (Wildman–Crippen LogP) is 2.32. The molecule has 5 heteroatoms. The Bertz CT molecular complexity index is 739. The van der Waals surface area contributed by atoms with Gasteiger partial charge in [-0.15, -0.1) is 0 Å². The molecule has 1 aliphatic heterocycles. The van der Waals surface area contributed by atoms with Gasteiger partial charge in [-0.25, -0.2) is 0 Å². The van der Waals surface area contributed by atoms with Crippen LogP contribution in [-0.4, -0.2) is 46.0 Å². The summed E-state index contributed by atoms with van der Waals surface area (Å²) in [6.07, 6.45) is 2.12. The molecular weight excluding hydrogens is 264 g/mol. The number of H-pyrrole nitrogens is 1. The number of fused-ring (bicyclic) bond motifs is 1. The monoisotopic (exact) mass is 282 g/mol. The quantitative estimate of drug-likeness (QED) is 0.802. The molecule has 1 N–H and O–H groups in total. The molecule has 108 valence electrons. The number of hydrogen-bond acceptors (Lipinski definition) is 3. The van der Waals surface area contributed by atoms with Gasteiger partial charge in [0.2, 0.25) is 0 Å². The molecule has 0 radical (unpaired) electrons. The lowest BCUT2D eigenvalue weighted by Crippen LogP contribution is -2.37. The lowest BCUT2D eigenvalue weighted by Gasteiger charge is -2.27. The summed E-state index contributed by atoms with van der Waals surface area (Å²) in [5.74, 6) is 0. The van der Waals surface area contributed by atoms with Crippen LogP contribution in [0.4, 0.5) is 0 Å². The van der Waals surface area contributed by atoms with Crippen molar-refractivity contribution in [2.45, 2.75) is 6.67 Å². The Morgan fingerprint density at radius 2 is 1.95 bits per heavy atom. The number of nitrogens with one attached hydrogen (secondary N) is 1. The normalized spacial score (nSPS) is 16.6. The Morgan fingerprint density at radius 3 is 2.86 bits per heavy atom. The molecule has 0 aliphatic carbocycles. The molecule has 0 spiro atoms. The van der Waals surface area contributed by atoms with Crippen LogP contribution in [0.25, 0.3) is 22.3 Å². The third-order valence-electron chi connectivity index (χ3n) is 4.00. The van der Waals surface area contributed by atoms with E-state index in [-0.39, 0.29) is 0 Å². The summed E-state index contributed by atoms with van der Waals surface area (Å²) in [4.78, 5) is 2.40. The second-order valence-corrected chi connectivity index (χ2v) is 5.35. The van der Waals surface area contributed by atoms with Gasteiger partial charge in [-0.1, -0.05) is 18.2 Å². The number of rotatable bonds is 3. The van der Waals surface area contributed by atoms with E-state index in [9.17, 15) is 0 Å². The highest BCUT2D eigenvalue weighted by Crippen LogP contribution is 2.26. The zero-order valence-electron chi connectivity index (χ0n) is 11.8. The van der Waals surface area contributed by atoms with Crippen molar-refractivity contribution in [3.8, 4) is 11.4 Å². The molecule has 2 aromatic heterocycles. The summed E-state index contributed by atoms with van der Waals surface area (Å²) in [7, 11) is 0. The highest BCUT2D eigenvalue weighted by atomic mass is 16.5. The molecule has 0 saturated carbocycles. The smallest absolute Gasteiger partial charge is 0.116 e. The van der Waals surface area contributed by atoms with Crippen molar-refractivity contribution in [3.63, 3.8) is 0 Å². The third kappa shape index (κ3) is 2.34. The average Bonchev–Trinajstić information content (AvgIpc) is 3.14. The maximum absolute atomic E-state index is 5.41. The van der Waals surface area contributed by atoms with Crippen LogP contribution < -0.4 is 0 Å². The molecule has 0 atom stereocenters. The lowest BCUT2D eigenvalue weighted by atomic mass is 10.2. The van der Waals surface area contributed by atoms with Gasteiger partial charge in [0.25, 0.3) is 0 Å². The zero-order valence-corrected chi connectivity index (χ0v) is 11.8. The molecule has 1 fully saturated rings. The fraction of sp³-hybridized carbons (Fsp3) is 0.312. The van der Waals surface area contributed by atoms with Crippen molar-refractivity contribution in [2.24, 2.45) is 0 Å². The van der Waals surface area contributed by atoms with E-state index in [4.69, 9.17) is 4.74 Å². The molecule has 1 aliphatic rings. The maximum Gasteiger partial charge on any atom is 0.116 e. The third-order valence-corrected chi connectivity index (χ3v) is 4.00. The Hall–Kier alpha value is -2.11. The fourth-order valence-corrected chi connectivity index (χ4v) is 2.87. The summed E-state index contributed by atoms with van der Waals surface area (Å²) in [5, 5.41) is 8.78. The molecule has 1 aromatic carbocycles. The van der Waals surface area contributed by atoms with Crippen LogP contribution >= 0.6 is 0 Å². The van der Waals surface area contributed by atoms with E-state index < -0.39 is 0 Å². The standard InChI is InChI=1S/C16H18N4O/c1-2-5-14-13(4-1)16(18-17-14)15-6-3-7-20(15)12-19-8-10-21-11-9-19/h1-7H,8-12H2,(H,17,18). The van der Waals surface area contributed by atoms with Crippen LogP contribution in [0.2, 0.25) is 0 Å². The molecule has 5 nitrogen and oxygen atoms in total. The van der Waals surface area contributed by atoms with Crippen molar-refractivity contribution in [2.75, 3.05) is 26.3 Å². The number of aromatic nitrogens is 3. The highest BCUT2D eigenvalue weighted by Gasteiger charge is 2.15. The molecule has 4 rings (SSSR count). The number of para-hydroxylation sites is 1. The van der Waals surface area contributed by atoms with Gasteiger partial charge < -0.3 is 9.30 Å². The van der Waals surface area contributed by atoms with Crippen LogP contribution in [0.5, 0.6) is 0 Å². The summed E-state index contributed by atoms with van der Waals surface area (Å²) < 4.78 is 7.67. The van der Waals surface area contributed by atoms with Crippen molar-refractivity contribution < 1.29 is 4.74 Å².